The summed E-state index contributed by atoms with van der Waals surface area (Å²) in [6.45, 7) is 1.46. The molecule has 3 nitrogen and oxygen atoms in total. The van der Waals surface area contributed by atoms with Crippen LogP contribution in [0.4, 0.5) is 5.69 Å². The number of nitrogens with zero attached hydrogens (tertiary/aromatic N) is 2. The molecule has 0 fully saturated rings. The van der Waals surface area contributed by atoms with E-state index in [1.54, 1.807) is 6.07 Å². The molecule has 0 aromatic heterocycles. The molecule has 16 heavy (non-hydrogen) atoms. The molecule has 0 atom stereocenters. The number of β-amino-alcohol motifs (C(OH)–C–C–N with tert-alkyl or cyclic N) is 1. The van der Waals surface area contributed by atoms with E-state index in [1.807, 2.05) is 34.3 Å². The van der Waals surface area contributed by atoms with E-state index in [4.69, 9.17) is 28.3 Å². The second-order valence-corrected chi connectivity index (χ2v) is 4.38. The Morgan fingerprint density at radius 2 is 2.06 bits per heavy atom. The third-order valence-corrected chi connectivity index (χ3v) is 2.94. The lowest BCUT2D eigenvalue weighted by Crippen LogP contribution is -2.27. The average molecular weight is 259 g/mol. The van der Waals surface area contributed by atoms with Gasteiger partial charge in [-0.2, -0.15) is 0 Å². The summed E-state index contributed by atoms with van der Waals surface area (Å²) < 4.78 is 0. The van der Waals surface area contributed by atoms with Crippen LogP contribution in [0.2, 0.25) is 10.0 Å². The third-order valence-electron chi connectivity index (χ3n) is 2.40. The van der Waals surface area contributed by atoms with Crippen molar-refractivity contribution in [3.8, 4) is 0 Å². The minimum atomic E-state index is 0.145. The van der Waals surface area contributed by atoms with Gasteiger partial charge in [-0.25, -0.2) is 0 Å². The summed E-state index contributed by atoms with van der Waals surface area (Å²) in [7, 11) is 0. The van der Waals surface area contributed by atoms with Gasteiger partial charge in [0.15, 0.2) is 0 Å². The molecule has 0 saturated heterocycles. The standard InChI is InChI=1S/C11H12Cl2N2O/c12-9-1-2-11(10(13)7-9)15-4-3-14(8-15)5-6-16/h1-4,7,16H,5-6,8H2. The fourth-order valence-corrected chi connectivity index (χ4v) is 2.13. The van der Waals surface area contributed by atoms with Crippen LogP contribution in [0.3, 0.4) is 0 Å². The lowest BCUT2D eigenvalue weighted by molar-refractivity contribution is 0.244. The Morgan fingerprint density at radius 3 is 2.75 bits per heavy atom. The second kappa shape index (κ2) is 4.95. The van der Waals surface area contributed by atoms with E-state index in [2.05, 4.69) is 0 Å². The van der Waals surface area contributed by atoms with Gasteiger partial charge < -0.3 is 14.9 Å². The Balaban J connectivity index is 2.12. The van der Waals surface area contributed by atoms with Crippen LogP contribution in [0, 0.1) is 0 Å². The van der Waals surface area contributed by atoms with Crippen molar-refractivity contribution in [2.24, 2.45) is 0 Å². The van der Waals surface area contributed by atoms with Crippen LogP contribution < -0.4 is 4.90 Å². The molecule has 0 saturated carbocycles. The van der Waals surface area contributed by atoms with Crippen molar-refractivity contribution in [1.82, 2.24) is 4.90 Å². The molecule has 0 radical (unpaired) electrons. The highest BCUT2D eigenvalue weighted by molar-refractivity contribution is 6.36. The van der Waals surface area contributed by atoms with Crippen LogP contribution in [0.5, 0.6) is 0 Å². The molecule has 0 unspecified atom stereocenters. The number of benzene rings is 1. The first-order valence-electron chi connectivity index (χ1n) is 4.95. The van der Waals surface area contributed by atoms with Crippen molar-refractivity contribution in [3.63, 3.8) is 0 Å². The Bertz CT molecular complexity index is 409. The highest BCUT2D eigenvalue weighted by atomic mass is 35.5. The van der Waals surface area contributed by atoms with Gasteiger partial charge in [-0.1, -0.05) is 23.2 Å². The van der Waals surface area contributed by atoms with Crippen LogP contribution in [-0.4, -0.2) is 29.8 Å². The zero-order valence-electron chi connectivity index (χ0n) is 8.61. The molecule has 1 N–H and O–H groups in total. The normalized spacial score (nSPS) is 14.9. The van der Waals surface area contributed by atoms with Crippen LogP contribution >= 0.6 is 23.2 Å². The maximum Gasteiger partial charge on any atom is 0.0943 e. The summed E-state index contributed by atoms with van der Waals surface area (Å²) in [6.07, 6.45) is 3.87. The minimum Gasteiger partial charge on any atom is -0.395 e. The van der Waals surface area contributed by atoms with E-state index in [0.29, 0.717) is 23.3 Å². The maximum atomic E-state index is 8.84. The van der Waals surface area contributed by atoms with E-state index >= 15 is 0 Å². The van der Waals surface area contributed by atoms with Gasteiger partial charge in [-0.15, -0.1) is 0 Å². The van der Waals surface area contributed by atoms with Crippen LogP contribution in [0.1, 0.15) is 0 Å². The molecule has 1 aromatic rings. The predicted molar refractivity (Wildman–Crippen MR) is 66.7 cm³/mol. The second-order valence-electron chi connectivity index (χ2n) is 3.54. The number of hydrogen-bond donors (Lipinski definition) is 1. The maximum absolute atomic E-state index is 8.84. The summed E-state index contributed by atoms with van der Waals surface area (Å²) >= 11 is 11.9. The monoisotopic (exact) mass is 258 g/mol. The lowest BCUT2D eigenvalue weighted by Gasteiger charge is -2.21. The molecule has 86 valence electrons. The first-order chi connectivity index (χ1) is 7.70. The van der Waals surface area contributed by atoms with Crippen LogP contribution in [0.25, 0.3) is 0 Å². The Hall–Kier alpha value is -0.900. The summed E-state index contributed by atoms with van der Waals surface area (Å²) in [5.74, 6) is 0. The molecule has 1 aliphatic rings. The summed E-state index contributed by atoms with van der Waals surface area (Å²) in [5, 5.41) is 10.1. The summed E-state index contributed by atoms with van der Waals surface area (Å²) in [6, 6.07) is 5.42. The molecule has 1 aliphatic heterocycles. The van der Waals surface area contributed by atoms with Gasteiger partial charge in [0.1, 0.15) is 0 Å². The molecular weight excluding hydrogens is 247 g/mol. The largest absolute Gasteiger partial charge is 0.395 e. The first kappa shape index (κ1) is 11.6. The zero-order valence-corrected chi connectivity index (χ0v) is 10.1. The summed E-state index contributed by atoms with van der Waals surface area (Å²) in [5.41, 5.74) is 0.919. The average Bonchev–Trinajstić information content (AvgIpc) is 2.67. The molecule has 0 amide bonds. The van der Waals surface area contributed by atoms with E-state index in [1.165, 1.54) is 0 Å². The highest BCUT2D eigenvalue weighted by Crippen LogP contribution is 2.30. The number of hydrogen-bond acceptors (Lipinski definition) is 3. The number of rotatable bonds is 3. The van der Waals surface area contributed by atoms with E-state index in [0.717, 1.165) is 5.69 Å². The van der Waals surface area contributed by atoms with E-state index in [9.17, 15) is 0 Å². The molecule has 2 rings (SSSR count). The van der Waals surface area contributed by atoms with Crippen molar-refractivity contribution >= 4 is 28.9 Å². The van der Waals surface area contributed by atoms with Gasteiger partial charge in [-0.05, 0) is 18.2 Å². The number of aliphatic hydroxyl groups is 1. The SMILES string of the molecule is OCCN1C=CN(c2ccc(Cl)cc2Cl)C1. The van der Waals surface area contributed by atoms with E-state index in [-0.39, 0.29) is 6.61 Å². The van der Waals surface area contributed by atoms with Gasteiger partial charge >= 0.3 is 0 Å². The minimum absolute atomic E-state index is 0.145. The molecule has 0 spiro atoms. The Morgan fingerprint density at radius 1 is 1.25 bits per heavy atom. The number of halogens is 2. The van der Waals surface area contributed by atoms with Crippen LogP contribution in [0.15, 0.2) is 30.6 Å². The fraction of sp³-hybridized carbons (Fsp3) is 0.273. The molecule has 5 heteroatoms. The number of anilines is 1. The third kappa shape index (κ3) is 2.43. The number of aliphatic hydroxyl groups excluding tert-OH is 1. The lowest BCUT2D eigenvalue weighted by atomic mass is 10.3. The molecule has 1 aromatic carbocycles. The smallest absolute Gasteiger partial charge is 0.0943 e. The highest BCUT2D eigenvalue weighted by Gasteiger charge is 2.15. The Kier molecular flexibility index (Phi) is 3.59. The zero-order chi connectivity index (χ0) is 11.5. The summed E-state index contributed by atoms with van der Waals surface area (Å²) in [4.78, 5) is 4.01. The van der Waals surface area contributed by atoms with Gasteiger partial charge in [0, 0.05) is 24.0 Å². The van der Waals surface area contributed by atoms with Gasteiger partial charge in [0.25, 0.3) is 0 Å². The molecule has 0 bridgehead atoms. The first-order valence-corrected chi connectivity index (χ1v) is 5.71. The topological polar surface area (TPSA) is 26.7 Å². The van der Waals surface area contributed by atoms with E-state index < -0.39 is 0 Å². The molecule has 1 heterocycles. The predicted octanol–water partition coefficient (Wildman–Crippen LogP) is 2.54. The van der Waals surface area contributed by atoms with Gasteiger partial charge in [0.05, 0.1) is 24.0 Å². The van der Waals surface area contributed by atoms with Crippen LogP contribution in [-0.2, 0) is 0 Å². The van der Waals surface area contributed by atoms with Gasteiger partial charge in [-0.3, -0.25) is 0 Å². The van der Waals surface area contributed by atoms with Crippen molar-refractivity contribution < 1.29 is 5.11 Å². The molecular formula is C11H12Cl2N2O. The Labute approximate surface area is 104 Å². The quantitative estimate of drug-likeness (QED) is 0.903. The van der Waals surface area contributed by atoms with Crippen molar-refractivity contribution in [1.29, 1.82) is 0 Å². The van der Waals surface area contributed by atoms with Crippen molar-refractivity contribution in [3.05, 3.63) is 40.6 Å². The van der Waals surface area contributed by atoms with Gasteiger partial charge in [0.2, 0.25) is 0 Å². The van der Waals surface area contributed by atoms with Crippen molar-refractivity contribution in [2.75, 3.05) is 24.7 Å². The van der Waals surface area contributed by atoms with Crippen molar-refractivity contribution in [2.45, 2.75) is 0 Å². The fourth-order valence-electron chi connectivity index (χ4n) is 1.61. The molecule has 0 aliphatic carbocycles.